The van der Waals surface area contributed by atoms with Crippen molar-refractivity contribution in [1.82, 2.24) is 15.3 Å². The van der Waals surface area contributed by atoms with Crippen LogP contribution in [-0.4, -0.2) is 29.0 Å². The largest absolute Gasteiger partial charge is 0.467 e. The predicted octanol–water partition coefficient (Wildman–Crippen LogP) is 1.85. The Kier molecular flexibility index (Phi) is 4.70. The number of carbonyl (C=O) groups is 1. The molecule has 0 bridgehead atoms. The lowest BCUT2D eigenvalue weighted by atomic mass is 10.3. The van der Waals surface area contributed by atoms with Crippen molar-refractivity contribution in [3.05, 3.63) is 42.2 Å². The van der Waals surface area contributed by atoms with Gasteiger partial charge in [0.1, 0.15) is 23.6 Å². The Morgan fingerprint density at radius 2 is 2.15 bits per heavy atom. The molecule has 0 aliphatic heterocycles. The first-order chi connectivity index (χ1) is 9.74. The molecule has 106 valence electrons. The highest BCUT2D eigenvalue weighted by Gasteiger charge is 2.11. The third-order valence-electron chi connectivity index (χ3n) is 2.98. The summed E-state index contributed by atoms with van der Waals surface area (Å²) in [4.78, 5) is 22.3. The summed E-state index contributed by atoms with van der Waals surface area (Å²) < 4.78 is 5.16. The van der Waals surface area contributed by atoms with E-state index < -0.39 is 0 Å². The van der Waals surface area contributed by atoms with Gasteiger partial charge in [-0.3, -0.25) is 4.79 Å². The number of nitrogens with one attached hydrogen (secondary N) is 1. The molecule has 20 heavy (non-hydrogen) atoms. The monoisotopic (exact) mass is 274 g/mol. The third-order valence-corrected chi connectivity index (χ3v) is 2.98. The molecule has 2 heterocycles. The number of carbonyl (C=O) groups excluding carboxylic acids is 1. The van der Waals surface area contributed by atoms with E-state index in [1.165, 1.54) is 6.33 Å². The van der Waals surface area contributed by atoms with Crippen molar-refractivity contribution in [1.29, 1.82) is 0 Å². The highest BCUT2D eigenvalue weighted by Crippen LogP contribution is 2.10. The van der Waals surface area contributed by atoms with E-state index in [0.717, 1.165) is 18.9 Å². The summed E-state index contributed by atoms with van der Waals surface area (Å²) in [5, 5.41) is 2.76. The number of amides is 1. The Bertz CT molecular complexity index is 550. The van der Waals surface area contributed by atoms with Gasteiger partial charge in [0.25, 0.3) is 5.91 Å². The van der Waals surface area contributed by atoms with E-state index in [1.807, 2.05) is 19.9 Å². The zero-order chi connectivity index (χ0) is 14.4. The fourth-order valence-electron chi connectivity index (χ4n) is 1.86. The van der Waals surface area contributed by atoms with Gasteiger partial charge in [0.15, 0.2) is 0 Å². The number of furan rings is 1. The molecule has 0 atom stereocenters. The van der Waals surface area contributed by atoms with Gasteiger partial charge in [-0.25, -0.2) is 9.97 Å². The van der Waals surface area contributed by atoms with E-state index in [0.29, 0.717) is 18.0 Å². The van der Waals surface area contributed by atoms with E-state index in [9.17, 15) is 4.79 Å². The summed E-state index contributed by atoms with van der Waals surface area (Å²) in [6.07, 6.45) is 2.99. The summed E-state index contributed by atoms with van der Waals surface area (Å²) in [7, 11) is 0. The average Bonchev–Trinajstić information content (AvgIpc) is 3.00. The maximum absolute atomic E-state index is 12.0. The first-order valence-electron chi connectivity index (χ1n) is 6.62. The Morgan fingerprint density at radius 1 is 1.35 bits per heavy atom. The molecule has 6 nitrogen and oxygen atoms in total. The van der Waals surface area contributed by atoms with Gasteiger partial charge in [0.05, 0.1) is 12.8 Å². The Hall–Kier alpha value is -2.37. The second kappa shape index (κ2) is 6.70. The molecule has 0 aromatic carbocycles. The van der Waals surface area contributed by atoms with Gasteiger partial charge in [-0.2, -0.15) is 0 Å². The van der Waals surface area contributed by atoms with Gasteiger partial charge in [-0.15, -0.1) is 0 Å². The molecule has 0 unspecified atom stereocenters. The van der Waals surface area contributed by atoms with Gasteiger partial charge in [0, 0.05) is 19.2 Å². The van der Waals surface area contributed by atoms with E-state index in [1.54, 1.807) is 18.4 Å². The van der Waals surface area contributed by atoms with Gasteiger partial charge in [0.2, 0.25) is 0 Å². The van der Waals surface area contributed by atoms with E-state index in [4.69, 9.17) is 4.42 Å². The Labute approximate surface area is 117 Å². The van der Waals surface area contributed by atoms with Crippen molar-refractivity contribution in [3.63, 3.8) is 0 Å². The minimum absolute atomic E-state index is 0.239. The minimum atomic E-state index is -0.239. The molecule has 6 heteroatoms. The van der Waals surface area contributed by atoms with Crippen molar-refractivity contribution in [2.24, 2.45) is 0 Å². The smallest absolute Gasteiger partial charge is 0.270 e. The number of anilines is 1. The zero-order valence-electron chi connectivity index (χ0n) is 11.7. The summed E-state index contributed by atoms with van der Waals surface area (Å²) in [6.45, 7) is 6.10. The molecule has 2 aromatic heterocycles. The van der Waals surface area contributed by atoms with Crippen molar-refractivity contribution < 1.29 is 9.21 Å². The standard InChI is InChI=1S/C14H18N4O2/c1-3-18(4-2)13-8-12(16-10-17-13)14(19)15-9-11-6-5-7-20-11/h5-8,10H,3-4,9H2,1-2H3,(H,15,19). The van der Waals surface area contributed by atoms with Gasteiger partial charge in [-0.1, -0.05) is 0 Å². The van der Waals surface area contributed by atoms with Crippen LogP contribution in [-0.2, 0) is 6.54 Å². The fraction of sp³-hybridized carbons (Fsp3) is 0.357. The molecule has 2 aromatic rings. The number of hydrogen-bond donors (Lipinski definition) is 1. The second-order valence-corrected chi connectivity index (χ2v) is 4.20. The molecule has 0 radical (unpaired) electrons. The van der Waals surface area contributed by atoms with Crippen LogP contribution in [0.4, 0.5) is 5.82 Å². The normalized spacial score (nSPS) is 10.3. The molecule has 0 aliphatic carbocycles. The SMILES string of the molecule is CCN(CC)c1cc(C(=O)NCc2ccco2)ncn1. The average molecular weight is 274 g/mol. The summed E-state index contributed by atoms with van der Waals surface area (Å²) in [5.41, 5.74) is 0.355. The molecule has 0 fully saturated rings. The number of rotatable bonds is 6. The number of nitrogens with zero attached hydrogens (tertiary/aromatic N) is 3. The lowest BCUT2D eigenvalue weighted by molar-refractivity contribution is 0.0943. The van der Waals surface area contributed by atoms with Crippen LogP contribution in [0.5, 0.6) is 0 Å². The summed E-state index contributed by atoms with van der Waals surface area (Å²) in [5.74, 6) is 1.22. The third kappa shape index (κ3) is 3.34. The minimum Gasteiger partial charge on any atom is -0.467 e. The first kappa shape index (κ1) is 14.0. The van der Waals surface area contributed by atoms with Crippen LogP contribution in [0.2, 0.25) is 0 Å². The highest BCUT2D eigenvalue weighted by molar-refractivity contribution is 5.92. The number of aromatic nitrogens is 2. The molecule has 0 saturated heterocycles. The molecule has 0 aliphatic rings. The summed E-state index contributed by atoms with van der Waals surface area (Å²) in [6, 6.07) is 5.29. The van der Waals surface area contributed by atoms with Crippen LogP contribution in [0.25, 0.3) is 0 Å². The number of hydrogen-bond acceptors (Lipinski definition) is 5. The van der Waals surface area contributed by atoms with Crippen molar-refractivity contribution >= 4 is 11.7 Å². The van der Waals surface area contributed by atoms with Crippen LogP contribution in [0.15, 0.2) is 35.2 Å². The molecule has 1 N–H and O–H groups in total. The molecule has 2 rings (SSSR count). The van der Waals surface area contributed by atoms with Crippen LogP contribution in [0, 0.1) is 0 Å². The van der Waals surface area contributed by atoms with Gasteiger partial charge < -0.3 is 14.6 Å². The van der Waals surface area contributed by atoms with Crippen molar-refractivity contribution in [2.75, 3.05) is 18.0 Å². The lowest BCUT2D eigenvalue weighted by Gasteiger charge is -2.19. The zero-order valence-corrected chi connectivity index (χ0v) is 11.7. The maximum Gasteiger partial charge on any atom is 0.270 e. The molecular formula is C14H18N4O2. The van der Waals surface area contributed by atoms with Crippen molar-refractivity contribution in [2.45, 2.75) is 20.4 Å². The maximum atomic E-state index is 12.0. The van der Waals surface area contributed by atoms with E-state index >= 15 is 0 Å². The van der Waals surface area contributed by atoms with Crippen LogP contribution >= 0.6 is 0 Å². The Balaban J connectivity index is 2.04. The van der Waals surface area contributed by atoms with E-state index in [-0.39, 0.29) is 5.91 Å². The molecule has 1 amide bonds. The van der Waals surface area contributed by atoms with Crippen molar-refractivity contribution in [3.8, 4) is 0 Å². The van der Waals surface area contributed by atoms with Gasteiger partial charge in [-0.05, 0) is 26.0 Å². The first-order valence-corrected chi connectivity index (χ1v) is 6.62. The quantitative estimate of drug-likeness (QED) is 0.870. The predicted molar refractivity (Wildman–Crippen MR) is 75.5 cm³/mol. The Morgan fingerprint density at radius 3 is 2.80 bits per heavy atom. The molecule has 0 spiro atoms. The summed E-state index contributed by atoms with van der Waals surface area (Å²) >= 11 is 0. The molecular weight excluding hydrogens is 256 g/mol. The second-order valence-electron chi connectivity index (χ2n) is 4.20. The van der Waals surface area contributed by atoms with Gasteiger partial charge >= 0.3 is 0 Å². The lowest BCUT2D eigenvalue weighted by Crippen LogP contribution is -2.26. The van der Waals surface area contributed by atoms with Crippen LogP contribution in [0.3, 0.4) is 0 Å². The fourth-order valence-corrected chi connectivity index (χ4v) is 1.86. The van der Waals surface area contributed by atoms with E-state index in [2.05, 4.69) is 20.2 Å². The van der Waals surface area contributed by atoms with Crippen LogP contribution in [0.1, 0.15) is 30.1 Å². The molecule has 0 saturated carbocycles. The van der Waals surface area contributed by atoms with Crippen LogP contribution < -0.4 is 10.2 Å². The topological polar surface area (TPSA) is 71.3 Å². The highest BCUT2D eigenvalue weighted by atomic mass is 16.3.